The molecule has 0 saturated carbocycles. The van der Waals surface area contributed by atoms with Crippen molar-refractivity contribution in [1.82, 2.24) is 15.1 Å². The molecule has 0 amide bonds. The van der Waals surface area contributed by atoms with Crippen LogP contribution < -0.4 is 4.90 Å². The van der Waals surface area contributed by atoms with Crippen LogP contribution in [0.4, 0.5) is 5.82 Å². The average Bonchev–Trinajstić information content (AvgIpc) is 2.46. The second-order valence-corrected chi connectivity index (χ2v) is 7.37. The van der Waals surface area contributed by atoms with E-state index in [1.165, 1.54) is 0 Å². The fourth-order valence-electron chi connectivity index (χ4n) is 2.52. The molecule has 2 rings (SSSR count). The highest BCUT2D eigenvalue weighted by atomic mass is 16.4. The third kappa shape index (κ3) is 3.38. The van der Waals surface area contributed by atoms with Gasteiger partial charge >= 0.3 is 5.97 Å². The summed E-state index contributed by atoms with van der Waals surface area (Å²) < 4.78 is 0. The molecule has 1 saturated heterocycles. The largest absolute Gasteiger partial charge is 0.480 e. The lowest BCUT2D eigenvalue weighted by Crippen LogP contribution is -2.58. The van der Waals surface area contributed by atoms with E-state index in [0.717, 1.165) is 24.6 Å². The minimum atomic E-state index is -0.826. The van der Waals surface area contributed by atoms with Crippen molar-refractivity contribution in [2.75, 3.05) is 31.1 Å². The minimum Gasteiger partial charge on any atom is -0.480 e. The van der Waals surface area contributed by atoms with Gasteiger partial charge < -0.3 is 10.0 Å². The first-order valence-electron chi connectivity index (χ1n) is 7.70. The van der Waals surface area contributed by atoms with E-state index in [1.807, 2.05) is 17.0 Å². The van der Waals surface area contributed by atoms with Crippen LogP contribution in [-0.2, 0) is 10.2 Å². The van der Waals surface area contributed by atoms with Gasteiger partial charge in [0.2, 0.25) is 0 Å². The number of aromatic nitrogens is 2. The Kier molecular flexibility index (Phi) is 4.42. The first-order chi connectivity index (χ1) is 10.1. The van der Waals surface area contributed by atoms with Crippen LogP contribution in [-0.4, -0.2) is 57.9 Å². The summed E-state index contributed by atoms with van der Waals surface area (Å²) in [6.07, 6.45) is 0. The summed E-state index contributed by atoms with van der Waals surface area (Å²) in [4.78, 5) is 15.5. The van der Waals surface area contributed by atoms with Crippen molar-refractivity contribution in [2.24, 2.45) is 0 Å². The maximum atomic E-state index is 11.3. The van der Waals surface area contributed by atoms with Crippen molar-refractivity contribution in [3.05, 3.63) is 17.8 Å². The zero-order valence-electron chi connectivity index (χ0n) is 14.1. The molecule has 6 heteroatoms. The van der Waals surface area contributed by atoms with Crippen molar-refractivity contribution in [2.45, 2.75) is 45.6 Å². The summed E-state index contributed by atoms with van der Waals surface area (Å²) in [7, 11) is 0. The number of carboxylic acids is 1. The Labute approximate surface area is 132 Å². The number of piperazine rings is 1. The molecule has 0 aliphatic carbocycles. The fraction of sp³-hybridized carbons (Fsp3) is 0.688. The fourth-order valence-corrected chi connectivity index (χ4v) is 2.52. The van der Waals surface area contributed by atoms with Gasteiger partial charge in [0.05, 0.1) is 5.69 Å². The van der Waals surface area contributed by atoms with Gasteiger partial charge in [-0.15, -0.1) is 5.10 Å². The summed E-state index contributed by atoms with van der Waals surface area (Å²) in [5.41, 5.74) is 0.144. The van der Waals surface area contributed by atoms with E-state index >= 15 is 0 Å². The number of hydrogen-bond acceptors (Lipinski definition) is 5. The molecule has 0 spiro atoms. The van der Waals surface area contributed by atoms with E-state index in [1.54, 1.807) is 13.8 Å². The van der Waals surface area contributed by atoms with E-state index < -0.39 is 11.5 Å². The molecule has 22 heavy (non-hydrogen) atoms. The number of carbonyl (C=O) groups is 1. The molecule has 1 aromatic rings. The summed E-state index contributed by atoms with van der Waals surface area (Å²) >= 11 is 0. The van der Waals surface area contributed by atoms with Crippen LogP contribution >= 0.6 is 0 Å². The lowest BCUT2D eigenvalue weighted by atomic mass is 9.92. The molecule has 0 aromatic carbocycles. The van der Waals surface area contributed by atoms with Gasteiger partial charge in [-0.25, -0.2) is 0 Å². The molecular formula is C16H26N4O2. The van der Waals surface area contributed by atoms with Gasteiger partial charge in [-0.05, 0) is 26.0 Å². The summed E-state index contributed by atoms with van der Waals surface area (Å²) in [5, 5.41) is 18.0. The number of nitrogens with zero attached hydrogens (tertiary/aromatic N) is 4. The smallest absolute Gasteiger partial charge is 0.323 e. The zero-order valence-corrected chi connectivity index (χ0v) is 14.1. The normalized spacial score (nSPS) is 17.6. The first kappa shape index (κ1) is 16.7. The molecule has 1 aliphatic heterocycles. The van der Waals surface area contributed by atoms with Gasteiger partial charge in [-0.3, -0.25) is 9.69 Å². The monoisotopic (exact) mass is 306 g/mol. The molecule has 122 valence electrons. The predicted molar refractivity (Wildman–Crippen MR) is 86.2 cm³/mol. The van der Waals surface area contributed by atoms with Gasteiger partial charge in [0.25, 0.3) is 0 Å². The summed E-state index contributed by atoms with van der Waals surface area (Å²) in [5.74, 6) is 0.0797. The Bertz CT molecular complexity index is 526. The molecule has 1 fully saturated rings. The lowest BCUT2D eigenvalue weighted by molar-refractivity contribution is -0.149. The summed E-state index contributed by atoms with van der Waals surface area (Å²) in [6.45, 7) is 12.8. The van der Waals surface area contributed by atoms with E-state index in [4.69, 9.17) is 0 Å². The Morgan fingerprint density at radius 3 is 2.05 bits per heavy atom. The Hall–Kier alpha value is -1.69. The summed E-state index contributed by atoms with van der Waals surface area (Å²) in [6, 6.07) is 4.03. The zero-order chi connectivity index (χ0) is 16.5. The molecule has 2 heterocycles. The molecular weight excluding hydrogens is 280 g/mol. The number of carboxylic acid groups (broad SMARTS) is 1. The third-order valence-corrected chi connectivity index (χ3v) is 4.34. The van der Waals surface area contributed by atoms with Crippen LogP contribution in [0.3, 0.4) is 0 Å². The maximum Gasteiger partial charge on any atom is 0.323 e. The molecule has 1 aliphatic rings. The van der Waals surface area contributed by atoms with Gasteiger partial charge in [0, 0.05) is 31.6 Å². The number of hydrogen-bond donors (Lipinski definition) is 1. The first-order valence-corrected chi connectivity index (χ1v) is 7.70. The van der Waals surface area contributed by atoms with Gasteiger partial charge in [0.15, 0.2) is 5.82 Å². The minimum absolute atomic E-state index is 0.00423. The SMILES string of the molecule is CC(C)(C)c1ccc(N2CCN(C(C)(C)C(=O)O)CC2)nn1. The second kappa shape index (κ2) is 5.83. The van der Waals surface area contributed by atoms with Gasteiger partial charge in [-0.2, -0.15) is 5.10 Å². The Balaban J connectivity index is 2.02. The van der Waals surface area contributed by atoms with Crippen molar-refractivity contribution in [3.8, 4) is 0 Å². The van der Waals surface area contributed by atoms with Crippen LogP contribution in [0.25, 0.3) is 0 Å². The molecule has 1 aromatic heterocycles. The highest BCUT2D eigenvalue weighted by molar-refractivity contribution is 5.77. The van der Waals surface area contributed by atoms with Crippen LogP contribution in [0, 0.1) is 0 Å². The molecule has 0 unspecified atom stereocenters. The van der Waals surface area contributed by atoms with Crippen LogP contribution in [0.2, 0.25) is 0 Å². The molecule has 1 N–H and O–H groups in total. The van der Waals surface area contributed by atoms with Crippen molar-refractivity contribution in [3.63, 3.8) is 0 Å². The van der Waals surface area contributed by atoms with Gasteiger partial charge in [0.1, 0.15) is 5.54 Å². The van der Waals surface area contributed by atoms with Crippen LogP contribution in [0.1, 0.15) is 40.3 Å². The van der Waals surface area contributed by atoms with E-state index in [0.29, 0.717) is 13.1 Å². The third-order valence-electron chi connectivity index (χ3n) is 4.34. The van der Waals surface area contributed by atoms with Crippen molar-refractivity contribution in [1.29, 1.82) is 0 Å². The quantitative estimate of drug-likeness (QED) is 0.917. The van der Waals surface area contributed by atoms with E-state index in [2.05, 4.69) is 35.9 Å². The highest BCUT2D eigenvalue weighted by Crippen LogP contribution is 2.23. The van der Waals surface area contributed by atoms with Gasteiger partial charge in [-0.1, -0.05) is 20.8 Å². The topological polar surface area (TPSA) is 69.6 Å². The van der Waals surface area contributed by atoms with E-state index in [-0.39, 0.29) is 5.41 Å². The Morgan fingerprint density at radius 2 is 1.64 bits per heavy atom. The standard InChI is InChI=1S/C16H26N4O2/c1-15(2,3)12-6-7-13(18-17-12)19-8-10-20(11-9-19)16(4,5)14(21)22/h6-7H,8-11H2,1-5H3,(H,21,22). The average molecular weight is 306 g/mol. The molecule has 0 radical (unpaired) electrons. The maximum absolute atomic E-state index is 11.3. The van der Waals surface area contributed by atoms with Crippen molar-refractivity contribution < 1.29 is 9.90 Å². The number of anilines is 1. The number of aliphatic carboxylic acids is 1. The second-order valence-electron chi connectivity index (χ2n) is 7.37. The molecule has 0 atom stereocenters. The molecule has 6 nitrogen and oxygen atoms in total. The Morgan fingerprint density at radius 1 is 1.05 bits per heavy atom. The number of rotatable bonds is 3. The van der Waals surface area contributed by atoms with Crippen LogP contribution in [0.5, 0.6) is 0 Å². The predicted octanol–water partition coefficient (Wildman–Crippen LogP) is 1.76. The lowest BCUT2D eigenvalue weighted by Gasteiger charge is -2.41. The van der Waals surface area contributed by atoms with Crippen LogP contribution in [0.15, 0.2) is 12.1 Å². The van der Waals surface area contributed by atoms with E-state index in [9.17, 15) is 9.90 Å². The highest BCUT2D eigenvalue weighted by Gasteiger charge is 2.36. The van der Waals surface area contributed by atoms with Crippen molar-refractivity contribution >= 4 is 11.8 Å². The molecule has 0 bridgehead atoms.